The number of esters is 1. The molecule has 79 heavy (non-hydrogen) atoms. The normalized spacial score (nSPS) is 56.1. The average Bonchev–Trinajstić information content (AvgIpc) is 4.38. The van der Waals surface area contributed by atoms with E-state index in [2.05, 4.69) is 40.9 Å². The quantitative estimate of drug-likeness (QED) is 0.235. The molecule has 0 aromatic rings. The minimum Gasteiger partial charge on any atom is -0.481 e. The summed E-state index contributed by atoms with van der Waals surface area (Å²) >= 11 is 0. The molecule has 14 aliphatic heterocycles. The Labute approximate surface area is 463 Å². The van der Waals surface area contributed by atoms with Crippen molar-refractivity contribution in [3.8, 4) is 0 Å². The third-order valence-electron chi connectivity index (χ3n) is 21.5. The molecule has 0 aromatic heterocycles. The van der Waals surface area contributed by atoms with Crippen LogP contribution in [0.1, 0.15) is 150 Å². The fourth-order valence-corrected chi connectivity index (χ4v) is 17.7. The Hall–Kier alpha value is -2.18. The highest BCUT2D eigenvalue weighted by molar-refractivity contribution is 5.70. The van der Waals surface area contributed by atoms with E-state index in [1.807, 2.05) is 0 Å². The zero-order valence-electron chi connectivity index (χ0n) is 46.8. The van der Waals surface area contributed by atoms with Crippen molar-refractivity contribution in [3.05, 3.63) is 24.3 Å². The molecule has 0 radical (unpaired) electrons. The number of carbonyl (C=O) groups is 2. The maximum atomic E-state index is 14.6. The van der Waals surface area contributed by atoms with Gasteiger partial charge in [-0.05, 0) is 73.8 Å². The van der Waals surface area contributed by atoms with Gasteiger partial charge in [-0.15, -0.1) is 0 Å². The fourth-order valence-electron chi connectivity index (χ4n) is 17.7. The van der Waals surface area contributed by atoms with Gasteiger partial charge in [-0.25, -0.2) is 0 Å². The van der Waals surface area contributed by atoms with E-state index in [0.717, 1.165) is 49.7 Å². The van der Waals surface area contributed by atoms with E-state index in [4.69, 9.17) is 71.1 Å². The first-order chi connectivity index (χ1) is 37.9. The summed E-state index contributed by atoms with van der Waals surface area (Å²) in [6.45, 7) is 17.7. The third-order valence-corrected chi connectivity index (χ3v) is 21.5. The maximum Gasteiger partial charge on any atom is 0.308 e. The number of aliphatic hydroxyl groups is 1. The van der Waals surface area contributed by atoms with Crippen LogP contribution >= 0.6 is 0 Å². The van der Waals surface area contributed by atoms with Crippen molar-refractivity contribution >= 4 is 11.9 Å². The van der Waals surface area contributed by atoms with Crippen molar-refractivity contribution in [2.75, 3.05) is 7.11 Å². The number of methoxy groups -OCH3 is 1. The van der Waals surface area contributed by atoms with Gasteiger partial charge in [-0.2, -0.15) is 0 Å². The minimum absolute atomic E-state index is 0.00202. The molecule has 440 valence electrons. The number of carboxylic acid groups (broad SMARTS) is 1. The van der Waals surface area contributed by atoms with Crippen LogP contribution in [0.3, 0.4) is 0 Å². The molecule has 14 fully saturated rings. The molecule has 10 bridgehead atoms. The lowest BCUT2D eigenvalue weighted by Crippen LogP contribution is -2.62. The zero-order chi connectivity index (χ0) is 54.4. The Bertz CT molecular complexity index is 2340. The Morgan fingerprint density at radius 1 is 0.557 bits per heavy atom. The predicted molar refractivity (Wildman–Crippen MR) is 275 cm³/mol. The van der Waals surface area contributed by atoms with E-state index in [9.17, 15) is 19.8 Å². The van der Waals surface area contributed by atoms with Crippen LogP contribution in [-0.4, -0.2) is 187 Å². The van der Waals surface area contributed by atoms with Crippen molar-refractivity contribution in [2.45, 2.75) is 307 Å². The highest BCUT2D eigenvalue weighted by atomic mass is 16.8. The first kappa shape index (κ1) is 54.7. The minimum atomic E-state index is -1.00. The largest absolute Gasteiger partial charge is 0.481 e. The summed E-state index contributed by atoms with van der Waals surface area (Å²) in [5, 5.41) is 20.4. The zero-order valence-corrected chi connectivity index (χ0v) is 46.8. The summed E-state index contributed by atoms with van der Waals surface area (Å²) in [6, 6.07) is 0. The third kappa shape index (κ3) is 10.0. The van der Waals surface area contributed by atoms with Gasteiger partial charge >= 0.3 is 11.9 Å². The monoisotopic (exact) mass is 1110 g/mol. The molecule has 2 N–H and O–H groups in total. The van der Waals surface area contributed by atoms with Crippen molar-refractivity contribution < 1.29 is 90.9 Å². The molecule has 0 aromatic carbocycles. The molecule has 30 atom stereocenters. The smallest absolute Gasteiger partial charge is 0.308 e. The van der Waals surface area contributed by atoms with Crippen LogP contribution in [-0.2, 0) is 80.6 Å². The second-order valence-electron chi connectivity index (χ2n) is 27.1. The van der Waals surface area contributed by atoms with Gasteiger partial charge in [-0.3, -0.25) is 9.59 Å². The van der Waals surface area contributed by atoms with Crippen LogP contribution in [0.4, 0.5) is 0 Å². The van der Waals surface area contributed by atoms with Crippen LogP contribution in [0.5, 0.6) is 0 Å². The summed E-state index contributed by atoms with van der Waals surface area (Å²) in [4.78, 5) is 26.1. The summed E-state index contributed by atoms with van der Waals surface area (Å²) in [5.41, 5.74) is 2.14. The number of rotatable bonds is 3. The van der Waals surface area contributed by atoms with Gasteiger partial charge in [0.2, 0.25) is 0 Å². The summed E-state index contributed by atoms with van der Waals surface area (Å²) in [7, 11) is 1.74. The van der Waals surface area contributed by atoms with Gasteiger partial charge in [0.1, 0.15) is 18.3 Å². The van der Waals surface area contributed by atoms with Crippen LogP contribution in [0.15, 0.2) is 24.3 Å². The van der Waals surface area contributed by atoms with Crippen molar-refractivity contribution in [1.29, 1.82) is 0 Å². The molecule has 19 heteroatoms. The number of hydrogen-bond donors (Lipinski definition) is 2. The van der Waals surface area contributed by atoms with Crippen LogP contribution in [0.2, 0.25) is 0 Å². The average molecular weight is 1110 g/mol. The van der Waals surface area contributed by atoms with E-state index >= 15 is 0 Å². The molecule has 14 saturated heterocycles. The fraction of sp³-hybridized carbons (Fsp3) is 0.900. The molecule has 3 spiro atoms. The van der Waals surface area contributed by atoms with Crippen molar-refractivity contribution in [3.63, 3.8) is 0 Å². The Morgan fingerprint density at radius 3 is 2.04 bits per heavy atom. The lowest BCUT2D eigenvalue weighted by atomic mass is 9.78. The van der Waals surface area contributed by atoms with E-state index in [-0.39, 0.29) is 153 Å². The SMILES string of the molecule is C=C1CC2CC[C@]34C[C@@H](OC)C(O3)C3CC(O4)[C@H]4OC(CCC4O3)CC(=O)OC3C(CC4O[C@@H](CCC1O2)C[C@@H](C)C4=C)O[C@H]1C[C@H]2O[C@@]4(CC5O[C@]6(C[C@H](C)C7OC(CC(=O)O)[C@H](O)CC7O6)C[C@H](C)C5O4)C[C@H]2O[C@H]1[C@@H]3C. The highest BCUT2D eigenvalue weighted by Gasteiger charge is 2.66. The molecule has 19 nitrogen and oxygen atoms in total. The maximum absolute atomic E-state index is 14.6. The Balaban J connectivity index is 0.688. The van der Waals surface area contributed by atoms with E-state index in [1.54, 1.807) is 7.11 Å². The second kappa shape index (κ2) is 20.8. The van der Waals surface area contributed by atoms with Gasteiger partial charge in [0.05, 0.1) is 135 Å². The van der Waals surface area contributed by atoms with Gasteiger partial charge in [0.15, 0.2) is 17.4 Å². The standard InChI is InChI=1S/C60H86O19/c1-27-14-33-8-10-37-28(2)15-35(66-37)12-13-58-25-48(65-7)57(79-58)44-20-46(75-58)56-38(69-44)11-9-34(68-56)16-51(64)73-55-32(6)54-43(70-42(55)18-39(67-33)31(27)5)19-41-47(72-54)24-60(74-41)26-49-53(78-60)30(4)23-59(77-49)22-29(3)52-45(76-59)17-36(61)40(71-52)21-50(62)63/h27,29-30,32-49,52-57,61H,2,5,8-26H2,1,3-4,6-7H3,(H,62,63)/t27-,29+,30+,32+,33+,34?,35?,36-,37?,38?,39?,40?,41-,42?,43+,44?,45?,46?,47-,48-,49?,52?,53?,54+,55?,56+,57?,58-,59-,60+/m1/s1. The number of hydrogen-bond acceptors (Lipinski definition) is 18. The summed E-state index contributed by atoms with van der Waals surface area (Å²) < 4.78 is 103. The number of fused-ring (bicyclic) bond motifs is 13. The van der Waals surface area contributed by atoms with Crippen LogP contribution in [0, 0.1) is 23.7 Å². The van der Waals surface area contributed by atoms with Gasteiger partial charge in [-0.1, -0.05) is 40.9 Å². The Morgan fingerprint density at radius 2 is 1.22 bits per heavy atom. The van der Waals surface area contributed by atoms with E-state index in [1.165, 1.54) is 0 Å². The van der Waals surface area contributed by atoms with Gasteiger partial charge in [0, 0.05) is 77.2 Å². The molecule has 14 aliphatic rings. The number of aliphatic carboxylic acids is 1. The Kier molecular flexibility index (Phi) is 14.4. The van der Waals surface area contributed by atoms with Gasteiger partial charge in [0.25, 0.3) is 0 Å². The van der Waals surface area contributed by atoms with E-state index < -0.39 is 60.0 Å². The summed E-state index contributed by atoms with van der Waals surface area (Å²) in [5.74, 6) is -4.03. The molecule has 0 aliphatic carbocycles. The first-order valence-electron chi connectivity index (χ1n) is 30.5. The topological polar surface area (TPSA) is 213 Å². The highest BCUT2D eigenvalue weighted by Crippen LogP contribution is 2.57. The number of ether oxygens (including phenoxy) is 15. The molecule has 14 rings (SSSR count). The first-order valence-corrected chi connectivity index (χ1v) is 30.5. The second-order valence-corrected chi connectivity index (χ2v) is 27.1. The molecule has 0 saturated carbocycles. The molecular weight excluding hydrogens is 1020 g/mol. The van der Waals surface area contributed by atoms with Crippen molar-refractivity contribution in [1.82, 2.24) is 0 Å². The number of aliphatic hydroxyl groups excluding tert-OH is 1. The molecular formula is C60H86O19. The van der Waals surface area contributed by atoms with Crippen LogP contribution in [0.25, 0.3) is 0 Å². The van der Waals surface area contributed by atoms with E-state index in [0.29, 0.717) is 64.2 Å². The van der Waals surface area contributed by atoms with Gasteiger partial charge < -0.3 is 81.3 Å². The van der Waals surface area contributed by atoms with Crippen molar-refractivity contribution in [2.24, 2.45) is 23.7 Å². The number of carboxylic acids is 1. The molecule has 15 unspecified atom stereocenters. The molecule has 14 heterocycles. The number of carbonyl (C=O) groups excluding carboxylic acids is 1. The van der Waals surface area contributed by atoms with Crippen LogP contribution < -0.4 is 0 Å². The molecule has 0 amide bonds. The lowest BCUT2D eigenvalue weighted by molar-refractivity contribution is -0.371. The lowest BCUT2D eigenvalue weighted by Gasteiger charge is -2.54. The predicted octanol–water partition coefficient (Wildman–Crippen LogP) is 6.29. The summed E-state index contributed by atoms with van der Waals surface area (Å²) in [6.07, 6.45) is 2.72.